The van der Waals surface area contributed by atoms with E-state index in [0.717, 1.165) is 10.9 Å². The van der Waals surface area contributed by atoms with E-state index in [1.807, 2.05) is 6.07 Å². The highest BCUT2D eigenvalue weighted by Crippen LogP contribution is 2.22. The van der Waals surface area contributed by atoms with E-state index < -0.39 is 0 Å². The number of aromatic amines is 1. The van der Waals surface area contributed by atoms with Gasteiger partial charge in [0.05, 0.1) is 5.56 Å². The lowest BCUT2D eigenvalue weighted by Gasteiger charge is -2.31. The Kier molecular flexibility index (Phi) is 2.85. The van der Waals surface area contributed by atoms with Crippen molar-refractivity contribution in [3.8, 4) is 0 Å². The third kappa shape index (κ3) is 1.99. The Morgan fingerprint density at radius 2 is 2.15 bits per heavy atom. The van der Waals surface area contributed by atoms with Gasteiger partial charge in [0, 0.05) is 42.9 Å². The lowest BCUT2D eigenvalue weighted by Crippen LogP contribution is -2.50. The van der Waals surface area contributed by atoms with Crippen molar-refractivity contribution in [1.82, 2.24) is 14.8 Å². The van der Waals surface area contributed by atoms with Crippen molar-refractivity contribution < 1.29 is 9.59 Å². The minimum absolute atomic E-state index is 0.0336. The monoisotopic (exact) mass is 272 g/mol. The molecule has 1 aromatic carbocycles. The van der Waals surface area contributed by atoms with Gasteiger partial charge in [0.2, 0.25) is 5.91 Å². The molecule has 1 fully saturated rings. The zero-order valence-electron chi connectivity index (χ0n) is 11.2. The summed E-state index contributed by atoms with van der Waals surface area (Å²) in [6.07, 6.45) is 1.68. The van der Waals surface area contributed by atoms with Crippen LogP contribution in [0.1, 0.15) is 10.4 Å². The predicted octanol–water partition coefficient (Wildman–Crippen LogP) is 0.664. The zero-order chi connectivity index (χ0) is 14.3. The number of piperazine rings is 1. The highest BCUT2D eigenvalue weighted by atomic mass is 16.2. The first-order valence-electron chi connectivity index (χ1n) is 6.46. The van der Waals surface area contributed by atoms with Gasteiger partial charge in [-0.05, 0) is 18.2 Å². The summed E-state index contributed by atoms with van der Waals surface area (Å²) in [6, 6.07) is 5.38. The molecule has 3 rings (SSSR count). The van der Waals surface area contributed by atoms with E-state index >= 15 is 0 Å². The fraction of sp³-hybridized carbons (Fsp3) is 0.286. The van der Waals surface area contributed by atoms with Gasteiger partial charge < -0.3 is 20.5 Å². The van der Waals surface area contributed by atoms with Crippen LogP contribution >= 0.6 is 0 Å². The molecule has 2 aromatic rings. The molecule has 0 aliphatic carbocycles. The van der Waals surface area contributed by atoms with Crippen LogP contribution in [-0.2, 0) is 4.79 Å². The average molecular weight is 272 g/mol. The number of hydrogen-bond donors (Lipinski definition) is 2. The number of carbonyl (C=O) groups excluding carboxylic acids is 2. The van der Waals surface area contributed by atoms with Crippen molar-refractivity contribution in [2.75, 3.05) is 32.4 Å². The van der Waals surface area contributed by atoms with E-state index in [-0.39, 0.29) is 18.4 Å². The number of fused-ring (bicyclic) bond motifs is 1. The molecule has 104 valence electrons. The van der Waals surface area contributed by atoms with Crippen LogP contribution in [0.15, 0.2) is 24.4 Å². The van der Waals surface area contributed by atoms with E-state index in [9.17, 15) is 9.59 Å². The van der Waals surface area contributed by atoms with E-state index in [2.05, 4.69) is 4.98 Å². The first kappa shape index (κ1) is 12.5. The third-order valence-electron chi connectivity index (χ3n) is 3.68. The van der Waals surface area contributed by atoms with E-state index in [1.54, 1.807) is 35.2 Å². The number of hydrogen-bond acceptors (Lipinski definition) is 3. The second-order valence-corrected chi connectivity index (χ2v) is 5.05. The van der Waals surface area contributed by atoms with Crippen LogP contribution in [0.5, 0.6) is 0 Å². The van der Waals surface area contributed by atoms with Gasteiger partial charge in [-0.15, -0.1) is 0 Å². The summed E-state index contributed by atoms with van der Waals surface area (Å²) in [4.78, 5) is 30.5. The molecule has 0 spiro atoms. The molecular formula is C14H16N4O2. The van der Waals surface area contributed by atoms with Crippen molar-refractivity contribution in [3.63, 3.8) is 0 Å². The van der Waals surface area contributed by atoms with Crippen molar-refractivity contribution in [1.29, 1.82) is 0 Å². The Morgan fingerprint density at radius 3 is 2.90 bits per heavy atom. The Balaban J connectivity index is 1.91. The normalized spacial score (nSPS) is 15.9. The second kappa shape index (κ2) is 4.56. The molecule has 1 aromatic heterocycles. The third-order valence-corrected chi connectivity index (χ3v) is 3.68. The molecule has 0 saturated carbocycles. The van der Waals surface area contributed by atoms with Gasteiger partial charge >= 0.3 is 0 Å². The molecule has 6 nitrogen and oxygen atoms in total. The van der Waals surface area contributed by atoms with Crippen molar-refractivity contribution in [2.45, 2.75) is 0 Å². The quantitative estimate of drug-likeness (QED) is 0.748. The summed E-state index contributed by atoms with van der Waals surface area (Å²) < 4.78 is 0. The van der Waals surface area contributed by atoms with Gasteiger partial charge in [-0.3, -0.25) is 9.59 Å². The molecule has 2 heterocycles. The number of nitrogens with two attached hydrogens (primary N) is 1. The smallest absolute Gasteiger partial charge is 0.256 e. The topological polar surface area (TPSA) is 82.4 Å². The van der Waals surface area contributed by atoms with Crippen molar-refractivity contribution in [2.24, 2.45) is 0 Å². The second-order valence-electron chi connectivity index (χ2n) is 5.05. The van der Waals surface area contributed by atoms with Crippen LogP contribution in [0.2, 0.25) is 0 Å². The minimum atomic E-state index is -0.123. The lowest BCUT2D eigenvalue weighted by atomic mass is 10.1. The molecule has 2 amide bonds. The first-order valence-corrected chi connectivity index (χ1v) is 6.46. The molecule has 1 saturated heterocycles. The summed E-state index contributed by atoms with van der Waals surface area (Å²) in [5.74, 6) is -0.156. The van der Waals surface area contributed by atoms with Gasteiger partial charge in [-0.1, -0.05) is 0 Å². The predicted molar refractivity (Wildman–Crippen MR) is 76.3 cm³/mol. The van der Waals surface area contributed by atoms with Crippen LogP contribution in [-0.4, -0.2) is 53.3 Å². The van der Waals surface area contributed by atoms with Crippen LogP contribution in [0.4, 0.5) is 5.69 Å². The van der Waals surface area contributed by atoms with Gasteiger partial charge in [-0.25, -0.2) is 0 Å². The highest BCUT2D eigenvalue weighted by Gasteiger charge is 2.26. The number of aromatic nitrogens is 1. The molecule has 0 atom stereocenters. The molecule has 6 heteroatoms. The summed E-state index contributed by atoms with van der Waals surface area (Å²) in [6.45, 7) is 1.26. The summed E-state index contributed by atoms with van der Waals surface area (Å²) in [5.41, 5.74) is 7.77. The van der Waals surface area contributed by atoms with Gasteiger partial charge in [0.1, 0.15) is 6.54 Å². The molecule has 20 heavy (non-hydrogen) atoms. The Bertz CT molecular complexity index is 692. The van der Waals surface area contributed by atoms with Crippen LogP contribution in [0, 0.1) is 0 Å². The Hall–Kier alpha value is -2.50. The SMILES string of the molecule is CN1CCN(C(=O)c2c[nH]c3cc(N)ccc23)CC1=O. The number of benzene rings is 1. The van der Waals surface area contributed by atoms with Crippen LogP contribution in [0.25, 0.3) is 10.9 Å². The number of rotatable bonds is 1. The maximum Gasteiger partial charge on any atom is 0.256 e. The summed E-state index contributed by atoms with van der Waals surface area (Å²) in [5, 5.41) is 0.829. The summed E-state index contributed by atoms with van der Waals surface area (Å²) in [7, 11) is 1.75. The van der Waals surface area contributed by atoms with Crippen molar-refractivity contribution >= 4 is 28.4 Å². The first-order chi connectivity index (χ1) is 9.56. The molecule has 1 aliphatic heterocycles. The maximum atomic E-state index is 12.5. The van der Waals surface area contributed by atoms with Gasteiger partial charge in [0.15, 0.2) is 0 Å². The number of H-pyrrole nitrogens is 1. The number of anilines is 1. The highest BCUT2D eigenvalue weighted by molar-refractivity contribution is 6.08. The number of carbonyl (C=O) groups is 2. The van der Waals surface area contributed by atoms with Crippen molar-refractivity contribution in [3.05, 3.63) is 30.0 Å². The molecule has 3 N–H and O–H groups in total. The summed E-state index contributed by atoms with van der Waals surface area (Å²) >= 11 is 0. The lowest BCUT2D eigenvalue weighted by molar-refractivity contribution is -0.133. The minimum Gasteiger partial charge on any atom is -0.399 e. The number of amides is 2. The zero-order valence-corrected chi connectivity index (χ0v) is 11.2. The molecule has 1 aliphatic rings. The number of nitrogen functional groups attached to an aromatic ring is 1. The number of nitrogens with zero attached hydrogens (tertiary/aromatic N) is 2. The Morgan fingerprint density at radius 1 is 1.35 bits per heavy atom. The van der Waals surface area contributed by atoms with E-state index in [0.29, 0.717) is 24.3 Å². The van der Waals surface area contributed by atoms with Crippen LogP contribution < -0.4 is 5.73 Å². The molecular weight excluding hydrogens is 256 g/mol. The van der Waals surface area contributed by atoms with Gasteiger partial charge in [-0.2, -0.15) is 0 Å². The van der Waals surface area contributed by atoms with E-state index in [1.165, 1.54) is 0 Å². The fourth-order valence-electron chi connectivity index (χ4n) is 2.42. The molecule has 0 unspecified atom stereocenters. The number of nitrogens with one attached hydrogen (secondary N) is 1. The fourth-order valence-corrected chi connectivity index (χ4v) is 2.42. The number of likely N-dealkylation sites (N-methyl/N-ethyl adjacent to an activating group) is 1. The molecule has 0 radical (unpaired) electrons. The standard InChI is InChI=1S/C14H16N4O2/c1-17-4-5-18(8-13(17)19)14(20)11-7-16-12-6-9(15)2-3-10(11)12/h2-3,6-7,16H,4-5,8,15H2,1H3. The van der Waals surface area contributed by atoms with E-state index in [4.69, 9.17) is 5.73 Å². The maximum absolute atomic E-state index is 12.5. The Labute approximate surface area is 116 Å². The molecule has 0 bridgehead atoms. The largest absolute Gasteiger partial charge is 0.399 e. The van der Waals surface area contributed by atoms with Gasteiger partial charge in [0.25, 0.3) is 5.91 Å². The average Bonchev–Trinajstić information content (AvgIpc) is 2.84. The van der Waals surface area contributed by atoms with Crippen LogP contribution in [0.3, 0.4) is 0 Å².